The lowest BCUT2D eigenvalue weighted by Crippen LogP contribution is -2.65. The lowest BCUT2D eigenvalue weighted by atomic mass is 9.43. The summed E-state index contributed by atoms with van der Waals surface area (Å²) in [6.07, 6.45) is -1.84. The molecule has 4 aliphatic carbocycles. The molecule has 1 aliphatic heterocycles. The first-order chi connectivity index (χ1) is 26.2. The molecular weight excluding hydrogens is 729 g/mol. The quantitative estimate of drug-likeness (QED) is 0.102. The maximum absolute atomic E-state index is 14.0. The van der Waals surface area contributed by atoms with Crippen LogP contribution in [0.25, 0.3) is 0 Å². The van der Waals surface area contributed by atoms with Gasteiger partial charge in [0.1, 0.15) is 30.5 Å². The summed E-state index contributed by atoms with van der Waals surface area (Å²) in [5.74, 6) is -1.16. The number of carbonyl (C=O) groups is 3. The third-order valence-electron chi connectivity index (χ3n) is 13.6. The summed E-state index contributed by atoms with van der Waals surface area (Å²) in [7, 11) is -3.09. The molecule has 1 N–H and O–H groups in total. The van der Waals surface area contributed by atoms with Gasteiger partial charge in [0.05, 0.1) is 23.0 Å². The Morgan fingerprint density at radius 1 is 1.00 bits per heavy atom. The zero-order valence-corrected chi connectivity index (χ0v) is 33.0. The number of aliphatic carboxylic acids is 1. The first-order valence-corrected chi connectivity index (χ1v) is 20.7. The van der Waals surface area contributed by atoms with Gasteiger partial charge in [-0.15, -0.1) is 0 Å². The van der Waals surface area contributed by atoms with Gasteiger partial charge in [-0.25, -0.2) is 4.79 Å². The minimum absolute atomic E-state index is 0.0784. The van der Waals surface area contributed by atoms with Crippen LogP contribution in [0.2, 0.25) is 0 Å². The number of methoxy groups -OCH3 is 1. The van der Waals surface area contributed by atoms with Gasteiger partial charge in [0.15, 0.2) is 12.4 Å². The van der Waals surface area contributed by atoms with Gasteiger partial charge in [-0.3, -0.25) is 8.98 Å². The molecular formula is C42H52O12S. The Hall–Kier alpha value is -3.62. The lowest BCUT2D eigenvalue weighted by Gasteiger charge is -2.58. The SMILES string of the molecule is CO[C@H]1[C@@H](OS(=O)(=O)c2ccc(C)cc2)[C@H](OC(=O)OCc2ccccc2)[C@H](OCC23CC4C(C)CCC4C4(C=O)CC2C=C(C(C)C)C43C(=O)O)O[C@@H]1C. The van der Waals surface area contributed by atoms with E-state index in [2.05, 4.69) is 13.0 Å². The van der Waals surface area contributed by atoms with Gasteiger partial charge in [0, 0.05) is 12.5 Å². The fraction of sp³-hybridized carbons (Fsp3) is 0.595. The molecule has 2 aromatic rings. The second-order valence-electron chi connectivity index (χ2n) is 16.6. The van der Waals surface area contributed by atoms with Crippen molar-refractivity contribution >= 4 is 28.5 Å². The van der Waals surface area contributed by atoms with Crippen LogP contribution in [0, 0.1) is 52.8 Å². The van der Waals surface area contributed by atoms with Gasteiger partial charge in [-0.1, -0.05) is 86.9 Å². The van der Waals surface area contributed by atoms with Gasteiger partial charge < -0.3 is 33.6 Å². The van der Waals surface area contributed by atoms with Crippen molar-refractivity contribution in [2.75, 3.05) is 13.7 Å². The van der Waals surface area contributed by atoms with Crippen molar-refractivity contribution in [3.05, 3.63) is 77.4 Å². The van der Waals surface area contributed by atoms with Crippen LogP contribution in [0.3, 0.4) is 0 Å². The van der Waals surface area contributed by atoms with Gasteiger partial charge in [0.25, 0.3) is 10.1 Å². The number of ether oxygens (including phenoxy) is 5. The molecule has 4 fully saturated rings. The highest BCUT2D eigenvalue weighted by Crippen LogP contribution is 2.82. The number of hydrogen-bond donors (Lipinski definition) is 1. The van der Waals surface area contributed by atoms with Crippen LogP contribution < -0.4 is 0 Å². The number of hydrogen-bond acceptors (Lipinski definition) is 11. The summed E-state index contributed by atoms with van der Waals surface area (Å²) in [5.41, 5.74) is -1.40. The van der Waals surface area contributed by atoms with Crippen molar-refractivity contribution in [1.29, 1.82) is 0 Å². The molecule has 55 heavy (non-hydrogen) atoms. The summed E-state index contributed by atoms with van der Waals surface area (Å²) in [5, 5.41) is 11.5. The third kappa shape index (κ3) is 6.16. The van der Waals surface area contributed by atoms with Gasteiger partial charge in [-0.05, 0) is 80.4 Å². The van der Waals surface area contributed by atoms with Crippen molar-refractivity contribution in [1.82, 2.24) is 0 Å². The van der Waals surface area contributed by atoms with Crippen LogP contribution in [-0.2, 0) is 54.2 Å². The summed E-state index contributed by atoms with van der Waals surface area (Å²) in [6.45, 7) is 9.32. The molecule has 7 rings (SSSR count). The molecule has 0 aromatic heterocycles. The number of aldehydes is 1. The summed E-state index contributed by atoms with van der Waals surface area (Å²) in [4.78, 5) is 40.9. The molecule has 1 heterocycles. The van der Waals surface area contributed by atoms with Crippen LogP contribution in [-0.4, -0.2) is 76.4 Å². The first kappa shape index (κ1) is 39.6. The minimum atomic E-state index is -4.46. The Labute approximate surface area is 323 Å². The van der Waals surface area contributed by atoms with Crippen molar-refractivity contribution < 1.29 is 55.8 Å². The van der Waals surface area contributed by atoms with Gasteiger partial charge >= 0.3 is 12.1 Å². The summed E-state index contributed by atoms with van der Waals surface area (Å²) >= 11 is 0. The molecule has 12 nitrogen and oxygen atoms in total. The lowest BCUT2D eigenvalue weighted by molar-refractivity contribution is -0.303. The Kier molecular flexibility index (Phi) is 10.6. The zero-order chi connectivity index (χ0) is 39.5. The number of fused-ring (bicyclic) bond motifs is 2. The van der Waals surface area contributed by atoms with Crippen molar-refractivity contribution in [2.45, 2.75) is 103 Å². The average molecular weight is 781 g/mol. The Morgan fingerprint density at radius 2 is 1.71 bits per heavy atom. The molecule has 5 aliphatic rings. The molecule has 0 amide bonds. The van der Waals surface area contributed by atoms with Gasteiger partial charge in [0.2, 0.25) is 0 Å². The van der Waals surface area contributed by atoms with E-state index >= 15 is 0 Å². The smallest absolute Gasteiger partial charge is 0.481 e. The second-order valence-corrected chi connectivity index (χ2v) is 18.2. The standard InChI is InChI=1S/C42H52O12S/c1-24(2)33-18-29-19-40(22-43)32-17-14-26(4)31(32)20-41(29,42(33,40)38(44)45)23-51-37-36(53-39(46)50-21-28-10-8-7-9-11-28)35(34(49-6)27(5)52-37)54-55(47,48)30-15-12-25(3)13-16-30/h7-13,15-16,18,22,24,26-27,29,31-32,34-37H,14,17,19-21,23H2,1-6H3,(H,44,45)/t26?,27-,29?,31?,32?,34-,35-,36+,37-,40?,41?,42?/m1/s1. The molecule has 298 valence electrons. The molecule has 3 saturated carbocycles. The van der Waals surface area contributed by atoms with E-state index in [0.29, 0.717) is 18.4 Å². The van der Waals surface area contributed by atoms with Crippen LogP contribution in [0.4, 0.5) is 4.79 Å². The van der Waals surface area contributed by atoms with E-state index < -0.39 is 69.2 Å². The van der Waals surface area contributed by atoms with Crippen LogP contribution in [0.15, 0.2) is 71.1 Å². The molecule has 12 atom stereocenters. The average Bonchev–Trinajstić information content (AvgIpc) is 3.72. The van der Waals surface area contributed by atoms with E-state index in [-0.39, 0.29) is 47.7 Å². The highest BCUT2D eigenvalue weighted by Gasteiger charge is 2.84. The molecule has 0 radical (unpaired) electrons. The van der Waals surface area contributed by atoms with E-state index in [1.807, 2.05) is 26.8 Å². The molecule has 4 bridgehead atoms. The Balaban J connectivity index is 1.26. The molecule has 0 spiro atoms. The monoisotopic (exact) mass is 780 g/mol. The molecule has 1 saturated heterocycles. The topological polar surface area (TPSA) is 161 Å². The van der Waals surface area contributed by atoms with Gasteiger partial charge in [-0.2, -0.15) is 8.42 Å². The fourth-order valence-corrected chi connectivity index (χ4v) is 12.4. The largest absolute Gasteiger partial charge is 0.509 e. The predicted octanol–water partition coefficient (Wildman–Crippen LogP) is 6.49. The maximum Gasteiger partial charge on any atom is 0.509 e. The summed E-state index contributed by atoms with van der Waals surface area (Å²) < 4.78 is 63.7. The zero-order valence-electron chi connectivity index (χ0n) is 32.2. The third-order valence-corrected chi connectivity index (χ3v) is 14.9. The Morgan fingerprint density at radius 3 is 2.35 bits per heavy atom. The van der Waals surface area contributed by atoms with E-state index in [9.17, 15) is 27.9 Å². The predicted molar refractivity (Wildman–Crippen MR) is 198 cm³/mol. The number of carboxylic acids is 1. The van der Waals surface area contributed by atoms with Crippen LogP contribution in [0.5, 0.6) is 0 Å². The molecule has 7 unspecified atom stereocenters. The Bertz CT molecular complexity index is 1910. The van der Waals surface area contributed by atoms with E-state index in [4.69, 9.17) is 27.9 Å². The van der Waals surface area contributed by atoms with Crippen LogP contribution >= 0.6 is 0 Å². The highest BCUT2D eigenvalue weighted by molar-refractivity contribution is 7.86. The number of allylic oxidation sites excluding steroid dienone is 1. The number of benzene rings is 2. The number of carboxylic acid groups (broad SMARTS) is 1. The second kappa shape index (κ2) is 14.7. The van der Waals surface area contributed by atoms with Crippen molar-refractivity contribution in [3.8, 4) is 0 Å². The van der Waals surface area contributed by atoms with Crippen LogP contribution in [0.1, 0.15) is 64.5 Å². The maximum atomic E-state index is 14.0. The first-order valence-electron chi connectivity index (χ1n) is 19.2. The number of rotatable bonds is 13. The van der Waals surface area contributed by atoms with E-state index in [1.165, 1.54) is 19.2 Å². The minimum Gasteiger partial charge on any atom is -0.481 e. The van der Waals surface area contributed by atoms with Crippen molar-refractivity contribution in [3.63, 3.8) is 0 Å². The summed E-state index contributed by atoms with van der Waals surface area (Å²) in [6, 6.07) is 15.1. The molecule has 13 heteroatoms. The van der Waals surface area contributed by atoms with E-state index in [0.717, 1.165) is 30.3 Å². The van der Waals surface area contributed by atoms with E-state index in [1.54, 1.807) is 43.3 Å². The number of aryl methyl sites for hydroxylation is 1. The fourth-order valence-electron chi connectivity index (χ4n) is 11.3. The highest BCUT2D eigenvalue weighted by atomic mass is 32.2. The van der Waals surface area contributed by atoms with Crippen molar-refractivity contribution in [2.24, 2.45) is 45.8 Å². The molecule has 2 aromatic carbocycles. The normalized spacial score (nSPS) is 37.7. The number of carbonyl (C=O) groups excluding carboxylic acids is 2.